The molecule has 0 radical (unpaired) electrons. The van der Waals surface area contributed by atoms with E-state index in [9.17, 15) is 9.90 Å². The number of imidazole rings is 1. The van der Waals surface area contributed by atoms with Crippen LogP contribution < -0.4 is 10.6 Å². The van der Waals surface area contributed by atoms with Gasteiger partial charge in [-0.2, -0.15) is 0 Å². The molecular formula is C25H28Cl2N4O4. The third kappa shape index (κ3) is 5.97. The van der Waals surface area contributed by atoms with Gasteiger partial charge in [0, 0.05) is 23.7 Å². The Balaban J connectivity index is 1.63. The molecule has 2 heterocycles. The Kier molecular flexibility index (Phi) is 8.30. The third-order valence-electron chi connectivity index (χ3n) is 5.99. The number of amides is 2. The Bertz CT molecular complexity index is 1150. The maximum atomic E-state index is 12.0. The van der Waals surface area contributed by atoms with E-state index in [4.69, 9.17) is 32.7 Å². The van der Waals surface area contributed by atoms with E-state index in [1.165, 1.54) is 0 Å². The molecule has 10 heteroatoms. The topological polar surface area (TPSA) is 97.6 Å². The number of benzene rings is 2. The highest BCUT2D eigenvalue weighted by atomic mass is 35.5. The smallest absolute Gasteiger partial charge is 0.319 e. The highest BCUT2D eigenvalue weighted by molar-refractivity contribution is 6.40. The number of rotatable bonds is 7. The molecule has 0 unspecified atom stereocenters. The molecule has 4 atom stereocenters. The predicted octanol–water partition coefficient (Wildman–Crippen LogP) is 5.32. The zero-order valence-corrected chi connectivity index (χ0v) is 21.0. The van der Waals surface area contributed by atoms with Crippen LogP contribution in [0.5, 0.6) is 0 Å². The zero-order chi connectivity index (χ0) is 24.9. The number of carbonyl (C=O) groups is 1. The van der Waals surface area contributed by atoms with Gasteiger partial charge in [0.1, 0.15) is 5.15 Å². The summed E-state index contributed by atoms with van der Waals surface area (Å²) in [6.07, 6.45) is 0.337. The van der Waals surface area contributed by atoms with Crippen molar-refractivity contribution in [3.05, 3.63) is 81.9 Å². The van der Waals surface area contributed by atoms with E-state index in [0.29, 0.717) is 23.9 Å². The van der Waals surface area contributed by atoms with Crippen LogP contribution in [0.2, 0.25) is 10.3 Å². The number of ether oxygens (including phenoxy) is 2. The van der Waals surface area contributed by atoms with Crippen molar-refractivity contribution in [2.45, 2.75) is 45.5 Å². The van der Waals surface area contributed by atoms with Crippen molar-refractivity contribution in [1.29, 1.82) is 0 Å². The van der Waals surface area contributed by atoms with E-state index in [2.05, 4.69) is 22.5 Å². The summed E-state index contributed by atoms with van der Waals surface area (Å²) in [5.41, 5.74) is 3.19. The summed E-state index contributed by atoms with van der Waals surface area (Å²) < 4.78 is 14.6. The molecule has 0 aliphatic carbocycles. The summed E-state index contributed by atoms with van der Waals surface area (Å²) in [6, 6.07) is 14.8. The van der Waals surface area contributed by atoms with Crippen LogP contribution in [-0.4, -0.2) is 33.3 Å². The highest BCUT2D eigenvalue weighted by Gasteiger charge is 2.39. The van der Waals surface area contributed by atoms with E-state index in [0.717, 1.165) is 16.7 Å². The molecule has 8 nitrogen and oxygen atoms in total. The number of urea groups is 1. The van der Waals surface area contributed by atoms with Crippen LogP contribution in [-0.2, 0) is 22.6 Å². The second kappa shape index (κ2) is 11.4. The highest BCUT2D eigenvalue weighted by Crippen LogP contribution is 2.42. The van der Waals surface area contributed by atoms with Gasteiger partial charge in [-0.1, -0.05) is 66.5 Å². The summed E-state index contributed by atoms with van der Waals surface area (Å²) in [5.74, 6) is -0.0416. The number of aliphatic hydroxyl groups is 1. The first-order valence-electron chi connectivity index (χ1n) is 11.4. The number of nitrogens with zero attached hydrogens (tertiary/aromatic N) is 2. The lowest BCUT2D eigenvalue weighted by Gasteiger charge is -2.41. The molecule has 4 rings (SSSR count). The van der Waals surface area contributed by atoms with E-state index >= 15 is 0 Å². The predicted molar refractivity (Wildman–Crippen MR) is 134 cm³/mol. The fourth-order valence-corrected chi connectivity index (χ4v) is 4.40. The van der Waals surface area contributed by atoms with Crippen LogP contribution in [0.3, 0.4) is 0 Å². The van der Waals surface area contributed by atoms with Crippen LogP contribution in [0.25, 0.3) is 0 Å². The lowest BCUT2D eigenvalue weighted by Crippen LogP contribution is -2.39. The SMILES string of the molecule is CCNC(=O)Nc1cccc([C@H]2O[C@@H](Cn3cnc(Cl)c3Cl)[C@@H](C)[C@@H](c3ccc(CO)cc3)O2)c1. The molecule has 0 bridgehead atoms. The van der Waals surface area contributed by atoms with Crippen LogP contribution in [0.15, 0.2) is 54.9 Å². The standard InChI is InChI=1S/C25H28Cl2N4O4/c1-3-28-25(33)30-19-6-4-5-18(11-19)24-34-20(12-31-14-29-22(26)23(31)27)15(2)21(35-24)17-9-7-16(13-32)8-10-17/h4-11,14-15,20-21,24,32H,3,12-13H2,1-2H3,(H2,28,30,33)/t15-,20+,21+,24+/m1/s1. The van der Waals surface area contributed by atoms with Crippen LogP contribution >= 0.6 is 23.2 Å². The van der Waals surface area contributed by atoms with Crippen molar-refractivity contribution < 1.29 is 19.4 Å². The van der Waals surface area contributed by atoms with E-state index in [-0.39, 0.29) is 35.9 Å². The van der Waals surface area contributed by atoms with Crippen molar-refractivity contribution in [1.82, 2.24) is 14.9 Å². The normalized spacial score (nSPS) is 22.1. The van der Waals surface area contributed by atoms with Gasteiger partial charge in [-0.15, -0.1) is 0 Å². The summed E-state index contributed by atoms with van der Waals surface area (Å²) in [6.45, 7) is 4.85. The van der Waals surface area contributed by atoms with Crippen molar-refractivity contribution in [3.63, 3.8) is 0 Å². The number of nitrogens with one attached hydrogen (secondary N) is 2. The first-order valence-corrected chi connectivity index (χ1v) is 12.2. The molecule has 2 amide bonds. The minimum absolute atomic E-state index is 0.0268. The Morgan fingerprint density at radius 3 is 2.57 bits per heavy atom. The average molecular weight is 519 g/mol. The van der Waals surface area contributed by atoms with Crippen molar-refractivity contribution in [2.24, 2.45) is 5.92 Å². The Hall–Kier alpha value is -2.62. The summed E-state index contributed by atoms with van der Waals surface area (Å²) >= 11 is 12.4. The largest absolute Gasteiger partial charge is 0.392 e. The van der Waals surface area contributed by atoms with Gasteiger partial charge in [-0.05, 0) is 30.2 Å². The zero-order valence-electron chi connectivity index (χ0n) is 19.4. The molecule has 1 aromatic heterocycles. The maximum absolute atomic E-state index is 12.0. The van der Waals surface area contributed by atoms with Gasteiger partial charge in [-0.3, -0.25) is 0 Å². The molecular weight excluding hydrogens is 491 g/mol. The lowest BCUT2D eigenvalue weighted by atomic mass is 9.90. The molecule has 2 aromatic carbocycles. The van der Waals surface area contributed by atoms with Crippen molar-refractivity contribution in [2.75, 3.05) is 11.9 Å². The molecule has 1 aliphatic heterocycles. The van der Waals surface area contributed by atoms with E-state index in [1.807, 2.05) is 49.4 Å². The number of halogens is 2. The molecule has 35 heavy (non-hydrogen) atoms. The van der Waals surface area contributed by atoms with Gasteiger partial charge in [-0.25, -0.2) is 9.78 Å². The Morgan fingerprint density at radius 1 is 1.14 bits per heavy atom. The van der Waals surface area contributed by atoms with E-state index in [1.54, 1.807) is 17.0 Å². The number of anilines is 1. The molecule has 3 N–H and O–H groups in total. The minimum Gasteiger partial charge on any atom is -0.392 e. The quantitative estimate of drug-likeness (QED) is 0.393. The monoisotopic (exact) mass is 518 g/mol. The molecule has 0 saturated carbocycles. The molecule has 1 saturated heterocycles. The van der Waals surface area contributed by atoms with Crippen LogP contribution in [0, 0.1) is 5.92 Å². The maximum Gasteiger partial charge on any atom is 0.319 e. The second-order valence-corrected chi connectivity index (χ2v) is 9.13. The summed E-state index contributed by atoms with van der Waals surface area (Å²) in [4.78, 5) is 16.1. The van der Waals surface area contributed by atoms with Gasteiger partial charge < -0.3 is 29.8 Å². The number of hydrogen-bond acceptors (Lipinski definition) is 5. The minimum atomic E-state index is -0.688. The van der Waals surface area contributed by atoms with Gasteiger partial charge >= 0.3 is 6.03 Å². The molecule has 3 aromatic rings. The van der Waals surface area contributed by atoms with Crippen LogP contribution in [0.1, 0.15) is 42.9 Å². The average Bonchev–Trinajstić information content (AvgIpc) is 3.18. The second-order valence-electron chi connectivity index (χ2n) is 8.41. The fourth-order valence-electron chi connectivity index (χ4n) is 4.09. The first-order chi connectivity index (χ1) is 16.9. The fraction of sp³-hybridized carbons (Fsp3) is 0.360. The lowest BCUT2D eigenvalue weighted by molar-refractivity contribution is -0.276. The molecule has 186 valence electrons. The molecule has 0 spiro atoms. The van der Waals surface area contributed by atoms with Gasteiger partial charge in [0.25, 0.3) is 0 Å². The number of hydrogen-bond donors (Lipinski definition) is 3. The number of aromatic nitrogens is 2. The summed E-state index contributed by atoms with van der Waals surface area (Å²) in [5, 5.41) is 15.5. The Labute approximate surface area is 214 Å². The van der Waals surface area contributed by atoms with Gasteiger partial charge in [0.05, 0.1) is 31.7 Å². The van der Waals surface area contributed by atoms with Gasteiger partial charge in [0.15, 0.2) is 11.4 Å². The first kappa shape index (κ1) is 25.5. The van der Waals surface area contributed by atoms with E-state index < -0.39 is 6.29 Å². The van der Waals surface area contributed by atoms with Crippen molar-refractivity contribution >= 4 is 34.9 Å². The number of aliphatic hydroxyl groups excluding tert-OH is 1. The summed E-state index contributed by atoms with van der Waals surface area (Å²) in [7, 11) is 0. The molecule has 1 aliphatic rings. The van der Waals surface area contributed by atoms with Crippen molar-refractivity contribution in [3.8, 4) is 0 Å². The van der Waals surface area contributed by atoms with Gasteiger partial charge in [0.2, 0.25) is 0 Å². The number of carbonyl (C=O) groups excluding carboxylic acids is 1. The van der Waals surface area contributed by atoms with Crippen LogP contribution in [0.4, 0.5) is 10.5 Å². The molecule has 1 fully saturated rings. The Morgan fingerprint density at radius 2 is 1.91 bits per heavy atom. The third-order valence-corrected chi connectivity index (χ3v) is 6.76.